The van der Waals surface area contributed by atoms with E-state index >= 15 is 0 Å². The quantitative estimate of drug-likeness (QED) is 0.365. The number of carbonyl (C=O) groups excluding carboxylic acids is 1. The highest BCUT2D eigenvalue weighted by Gasteiger charge is 2.45. The Kier molecular flexibility index (Phi) is 4.65. The second kappa shape index (κ2) is 7.38. The first kappa shape index (κ1) is 19.5. The fourth-order valence-corrected chi connectivity index (χ4v) is 4.90. The van der Waals surface area contributed by atoms with Crippen molar-refractivity contribution in [1.29, 1.82) is 0 Å². The Balaban J connectivity index is 1.63. The van der Waals surface area contributed by atoms with Crippen molar-refractivity contribution in [2.45, 2.75) is 25.9 Å². The van der Waals surface area contributed by atoms with Crippen LogP contribution in [0.4, 0.5) is 0 Å². The summed E-state index contributed by atoms with van der Waals surface area (Å²) in [4.78, 5) is 13.3. The number of aromatic nitrogens is 1. The van der Waals surface area contributed by atoms with E-state index in [1.54, 1.807) is 24.3 Å². The number of hydrogen-bond donors (Lipinski definition) is 2. The Hall–Kier alpha value is -3.41. The van der Waals surface area contributed by atoms with Crippen LogP contribution in [0.25, 0.3) is 10.9 Å². The van der Waals surface area contributed by atoms with Gasteiger partial charge in [0.1, 0.15) is 12.3 Å². The van der Waals surface area contributed by atoms with Crippen LogP contribution >= 0.6 is 0 Å². The minimum Gasteiger partial charge on any atom is -0.508 e. The van der Waals surface area contributed by atoms with Crippen molar-refractivity contribution < 1.29 is 19.8 Å². The summed E-state index contributed by atoms with van der Waals surface area (Å²) in [5, 5.41) is 22.3. The fraction of sp³-hybridized carbons (Fsp3) is 0.192. The largest absolute Gasteiger partial charge is 0.508 e. The lowest BCUT2D eigenvalue weighted by atomic mass is 9.92. The number of phenols is 1. The number of nitrogens with zero attached hydrogens (tertiary/aromatic N) is 2. The lowest BCUT2D eigenvalue weighted by molar-refractivity contribution is -1.05. The van der Waals surface area contributed by atoms with Gasteiger partial charge in [-0.2, -0.15) is 0 Å². The van der Waals surface area contributed by atoms with Gasteiger partial charge in [0.15, 0.2) is 6.54 Å². The molecular formula is C26H25N2O3+. The number of phenolic OH excluding ortho intramolecular Hbond substituents is 1. The van der Waals surface area contributed by atoms with Crippen molar-refractivity contribution in [1.82, 2.24) is 4.57 Å². The second-order valence-corrected chi connectivity index (χ2v) is 8.47. The summed E-state index contributed by atoms with van der Waals surface area (Å²) in [6.45, 7) is 3.24. The van der Waals surface area contributed by atoms with E-state index < -0.39 is 4.65 Å². The van der Waals surface area contributed by atoms with Crippen LogP contribution in [-0.4, -0.2) is 32.0 Å². The first-order valence-electron chi connectivity index (χ1n) is 10.5. The van der Waals surface area contributed by atoms with Gasteiger partial charge in [0.05, 0.1) is 11.3 Å². The molecule has 1 aliphatic heterocycles. The molecule has 1 aromatic heterocycles. The normalized spacial score (nSPS) is 20.5. The highest BCUT2D eigenvalue weighted by atomic mass is 16.6. The summed E-state index contributed by atoms with van der Waals surface area (Å²) in [6, 6.07) is 24.4. The van der Waals surface area contributed by atoms with Crippen LogP contribution in [0.15, 0.2) is 78.9 Å². The third-order valence-corrected chi connectivity index (χ3v) is 6.28. The van der Waals surface area contributed by atoms with Crippen molar-refractivity contribution in [2.24, 2.45) is 0 Å². The number of benzene rings is 3. The molecule has 2 N–H and O–H groups in total. The van der Waals surface area contributed by atoms with Crippen molar-refractivity contribution in [3.05, 3.63) is 101 Å². The third-order valence-electron chi connectivity index (χ3n) is 6.28. The van der Waals surface area contributed by atoms with E-state index in [4.69, 9.17) is 0 Å². The van der Waals surface area contributed by atoms with Gasteiger partial charge in [-0.1, -0.05) is 55.5 Å². The molecule has 0 saturated heterocycles. The van der Waals surface area contributed by atoms with E-state index in [0.717, 1.165) is 16.8 Å². The van der Waals surface area contributed by atoms with Crippen LogP contribution in [-0.2, 0) is 13.1 Å². The summed E-state index contributed by atoms with van der Waals surface area (Å²) in [5.74, 6) is -0.0248. The van der Waals surface area contributed by atoms with Gasteiger partial charge < -0.3 is 9.67 Å². The molecule has 2 heterocycles. The van der Waals surface area contributed by atoms with Crippen LogP contribution in [0, 0.1) is 0 Å². The summed E-state index contributed by atoms with van der Waals surface area (Å²) in [5.41, 5.74) is 4.85. The average Bonchev–Trinajstić information content (AvgIpc) is 3.09. The van der Waals surface area contributed by atoms with Crippen molar-refractivity contribution in [3.8, 4) is 5.75 Å². The van der Waals surface area contributed by atoms with Gasteiger partial charge >= 0.3 is 5.91 Å². The molecule has 2 atom stereocenters. The first-order valence-corrected chi connectivity index (χ1v) is 10.5. The highest BCUT2D eigenvalue weighted by Crippen LogP contribution is 2.40. The zero-order valence-corrected chi connectivity index (χ0v) is 17.4. The minimum atomic E-state index is -0.635. The summed E-state index contributed by atoms with van der Waals surface area (Å²) in [7, 11) is 0. The Bertz CT molecular complexity index is 1260. The van der Waals surface area contributed by atoms with Crippen LogP contribution < -0.4 is 0 Å². The monoisotopic (exact) mass is 413 g/mol. The maximum atomic E-state index is 13.3. The maximum absolute atomic E-state index is 13.3. The Morgan fingerprint density at radius 3 is 2.42 bits per heavy atom. The lowest BCUT2D eigenvalue weighted by Crippen LogP contribution is -2.54. The molecule has 0 saturated carbocycles. The van der Waals surface area contributed by atoms with Gasteiger partial charge in [0.25, 0.3) is 0 Å². The lowest BCUT2D eigenvalue weighted by Gasteiger charge is -2.35. The molecule has 5 nitrogen and oxygen atoms in total. The number of hydrogen-bond acceptors (Lipinski definition) is 3. The molecule has 0 spiro atoms. The number of hydroxylamine groups is 3. The first-order chi connectivity index (χ1) is 15.0. The molecule has 0 radical (unpaired) electrons. The maximum Gasteiger partial charge on any atom is 0.378 e. The molecule has 156 valence electrons. The van der Waals surface area contributed by atoms with Crippen molar-refractivity contribution >= 4 is 16.8 Å². The molecule has 4 aromatic rings. The van der Waals surface area contributed by atoms with Gasteiger partial charge in [0, 0.05) is 23.4 Å². The van der Waals surface area contributed by atoms with Crippen LogP contribution in [0.3, 0.4) is 0 Å². The number of para-hydroxylation sites is 1. The fourth-order valence-electron chi connectivity index (χ4n) is 4.90. The molecular weight excluding hydrogens is 388 g/mol. The Morgan fingerprint density at radius 2 is 1.68 bits per heavy atom. The molecule has 1 amide bonds. The number of carbonyl (C=O) groups is 1. The number of aromatic hydroxyl groups is 1. The van der Waals surface area contributed by atoms with E-state index in [1.807, 2.05) is 42.5 Å². The SMILES string of the molecule is CC1C[N+](O)(C(=O)c2ccccc2)Cc2c1c1ccccc1n2Cc1ccc(O)cc1. The zero-order chi connectivity index (χ0) is 21.6. The van der Waals surface area contributed by atoms with Gasteiger partial charge in [-0.05, 0) is 41.5 Å². The molecule has 5 rings (SSSR count). The molecule has 3 aromatic carbocycles. The van der Waals surface area contributed by atoms with E-state index in [9.17, 15) is 15.1 Å². The van der Waals surface area contributed by atoms with E-state index in [-0.39, 0.29) is 24.1 Å². The van der Waals surface area contributed by atoms with Crippen LogP contribution in [0.1, 0.15) is 40.0 Å². The molecule has 1 aliphatic rings. The summed E-state index contributed by atoms with van der Waals surface area (Å²) >= 11 is 0. The average molecular weight is 413 g/mol. The minimum absolute atomic E-state index is 0.0207. The predicted octanol–water partition coefficient (Wildman–Crippen LogP) is 5.06. The number of quaternary nitrogens is 1. The van der Waals surface area contributed by atoms with Crippen LogP contribution in [0.5, 0.6) is 5.75 Å². The standard InChI is InChI=1S/C26H24N2O3/c1-18-16-28(31,26(30)20-7-3-2-4-8-20)17-24-25(18)22-9-5-6-10-23(22)27(24)15-19-11-13-21(29)14-12-19/h2-14,18,31H,15-17H2,1H3/p+1. The van der Waals surface area contributed by atoms with Gasteiger partial charge in [-0.15, -0.1) is 4.65 Å². The molecule has 0 fully saturated rings. The number of rotatable bonds is 3. The highest BCUT2D eigenvalue weighted by molar-refractivity contribution is 5.90. The Labute approximate surface area is 181 Å². The summed E-state index contributed by atoms with van der Waals surface area (Å²) in [6.07, 6.45) is 0. The van der Waals surface area contributed by atoms with E-state index in [1.165, 1.54) is 10.9 Å². The van der Waals surface area contributed by atoms with Crippen molar-refractivity contribution in [3.63, 3.8) is 0 Å². The molecule has 2 unspecified atom stereocenters. The van der Waals surface area contributed by atoms with Gasteiger partial charge in [0.2, 0.25) is 0 Å². The molecule has 31 heavy (non-hydrogen) atoms. The molecule has 0 aliphatic carbocycles. The summed E-state index contributed by atoms with van der Waals surface area (Å²) < 4.78 is 1.57. The Morgan fingerprint density at radius 1 is 1.00 bits per heavy atom. The topological polar surface area (TPSA) is 62.5 Å². The molecule has 5 heteroatoms. The zero-order valence-electron chi connectivity index (χ0n) is 17.4. The van der Waals surface area contributed by atoms with Crippen LogP contribution in [0.2, 0.25) is 0 Å². The van der Waals surface area contributed by atoms with Gasteiger partial charge in [-0.25, -0.2) is 10.0 Å². The van der Waals surface area contributed by atoms with Crippen molar-refractivity contribution in [2.75, 3.05) is 6.54 Å². The third kappa shape index (κ3) is 3.32. The van der Waals surface area contributed by atoms with Gasteiger partial charge in [-0.3, -0.25) is 0 Å². The van der Waals surface area contributed by atoms with E-state index in [0.29, 0.717) is 18.7 Å². The van der Waals surface area contributed by atoms with E-state index in [2.05, 4.69) is 23.6 Å². The predicted molar refractivity (Wildman–Crippen MR) is 119 cm³/mol. The smallest absolute Gasteiger partial charge is 0.378 e. The second-order valence-electron chi connectivity index (χ2n) is 8.47. The number of amides is 1. The number of fused-ring (bicyclic) bond motifs is 3. The molecule has 0 bridgehead atoms.